The second kappa shape index (κ2) is 13.0. The van der Waals surface area contributed by atoms with Gasteiger partial charge in [-0.15, -0.1) is 13.2 Å². The molecule has 0 saturated heterocycles. The van der Waals surface area contributed by atoms with Crippen molar-refractivity contribution in [2.45, 2.75) is 25.7 Å². The highest BCUT2D eigenvalue weighted by molar-refractivity contribution is 5.93. The number of aromatic nitrogens is 4. The van der Waals surface area contributed by atoms with Crippen molar-refractivity contribution in [1.82, 2.24) is 25.7 Å². The molecule has 4 rings (SSSR count). The van der Waals surface area contributed by atoms with Gasteiger partial charge in [-0.05, 0) is 60.8 Å². The summed E-state index contributed by atoms with van der Waals surface area (Å²) in [5, 5.41) is 26.8. The third kappa shape index (κ3) is 7.71. The van der Waals surface area contributed by atoms with Gasteiger partial charge >= 0.3 is 6.36 Å². The number of hydrogen-bond acceptors (Lipinski definition) is 8. The predicted molar refractivity (Wildman–Crippen MR) is 137 cm³/mol. The number of rotatable bonds is 14. The van der Waals surface area contributed by atoms with Gasteiger partial charge in [-0.25, -0.2) is 0 Å². The fourth-order valence-corrected chi connectivity index (χ4v) is 3.98. The molecule has 210 valence electrons. The van der Waals surface area contributed by atoms with E-state index in [0.29, 0.717) is 48.9 Å². The van der Waals surface area contributed by atoms with Crippen LogP contribution in [0.5, 0.6) is 11.5 Å². The van der Waals surface area contributed by atoms with Crippen molar-refractivity contribution in [3.05, 3.63) is 59.5 Å². The van der Waals surface area contributed by atoms with Crippen LogP contribution in [0.4, 0.5) is 13.2 Å². The molecule has 0 unspecified atom stereocenters. The Labute approximate surface area is 226 Å². The van der Waals surface area contributed by atoms with Crippen LogP contribution >= 0.6 is 0 Å². The Bertz CT molecular complexity index is 1490. The van der Waals surface area contributed by atoms with E-state index in [-0.39, 0.29) is 12.1 Å². The largest absolute Gasteiger partial charge is 0.573 e. The Morgan fingerprint density at radius 3 is 2.65 bits per heavy atom. The fourth-order valence-electron chi connectivity index (χ4n) is 3.98. The SMILES string of the molecule is N#Cc1[nH]ncc1-c1cc(OCCOCCCCNCc2cc(OC(F)(F)F)cc(C(N)=O)c2)c2cn[nH]c2c1. The number of ether oxygens (including phenoxy) is 3. The smallest absolute Gasteiger partial charge is 0.490 e. The molecule has 11 nitrogen and oxygen atoms in total. The van der Waals surface area contributed by atoms with Crippen molar-refractivity contribution in [3.63, 3.8) is 0 Å². The molecule has 0 aliphatic rings. The third-order valence-corrected chi connectivity index (χ3v) is 5.77. The summed E-state index contributed by atoms with van der Waals surface area (Å²) in [5.74, 6) is -0.740. The Morgan fingerprint density at radius 2 is 1.88 bits per heavy atom. The number of benzene rings is 2. The highest BCUT2D eigenvalue weighted by Crippen LogP contribution is 2.32. The average molecular weight is 558 g/mol. The minimum Gasteiger partial charge on any atom is -0.490 e. The number of nitrogens with zero attached hydrogens (tertiary/aromatic N) is 3. The molecule has 0 saturated carbocycles. The Kier molecular flexibility index (Phi) is 9.20. The first kappa shape index (κ1) is 28.4. The van der Waals surface area contributed by atoms with Gasteiger partial charge in [0.05, 0.1) is 29.9 Å². The number of hydrogen-bond donors (Lipinski definition) is 4. The zero-order valence-corrected chi connectivity index (χ0v) is 21.2. The van der Waals surface area contributed by atoms with Crippen LogP contribution in [0.15, 0.2) is 42.7 Å². The van der Waals surface area contributed by atoms with Gasteiger partial charge in [-0.3, -0.25) is 15.0 Å². The molecule has 5 N–H and O–H groups in total. The molecular formula is C26H26F3N7O4. The molecule has 4 aromatic rings. The fraction of sp³-hybridized carbons (Fsp3) is 0.308. The topological polar surface area (TPSA) is 164 Å². The number of carbonyl (C=O) groups is 1. The van der Waals surface area contributed by atoms with Crippen LogP contribution in [0.1, 0.15) is 34.5 Å². The molecule has 0 atom stereocenters. The van der Waals surface area contributed by atoms with E-state index in [1.807, 2.05) is 12.1 Å². The zero-order chi connectivity index (χ0) is 28.5. The lowest BCUT2D eigenvalue weighted by molar-refractivity contribution is -0.274. The number of nitriles is 1. The number of alkyl halides is 3. The lowest BCUT2D eigenvalue weighted by Crippen LogP contribution is -2.20. The molecule has 40 heavy (non-hydrogen) atoms. The number of nitrogens with one attached hydrogen (secondary N) is 3. The summed E-state index contributed by atoms with van der Waals surface area (Å²) >= 11 is 0. The van der Waals surface area contributed by atoms with Crippen LogP contribution in [-0.2, 0) is 11.3 Å². The summed E-state index contributed by atoms with van der Waals surface area (Å²) in [6, 6.07) is 9.36. The first-order valence-electron chi connectivity index (χ1n) is 12.3. The number of nitrogens with two attached hydrogens (primary N) is 1. The summed E-state index contributed by atoms with van der Waals surface area (Å²) in [6.45, 7) is 1.97. The molecule has 0 bridgehead atoms. The third-order valence-electron chi connectivity index (χ3n) is 5.77. The van der Waals surface area contributed by atoms with Crippen LogP contribution in [0, 0.1) is 11.3 Å². The van der Waals surface area contributed by atoms with Crippen LogP contribution in [0.2, 0.25) is 0 Å². The Balaban J connectivity index is 1.17. The van der Waals surface area contributed by atoms with E-state index in [2.05, 4.69) is 36.5 Å². The maximum absolute atomic E-state index is 12.5. The van der Waals surface area contributed by atoms with Gasteiger partial charge in [-0.2, -0.15) is 15.5 Å². The molecule has 2 aromatic carbocycles. The van der Waals surface area contributed by atoms with Crippen molar-refractivity contribution >= 4 is 16.8 Å². The second-order valence-corrected chi connectivity index (χ2v) is 8.70. The quantitative estimate of drug-likeness (QED) is 0.170. The first-order valence-corrected chi connectivity index (χ1v) is 12.3. The minimum absolute atomic E-state index is 0.0669. The standard InChI is InChI=1S/C26H26F3N7O4/c27-26(28,29)40-19-8-16(7-18(9-19)25(31)37)13-32-3-1-2-4-38-5-6-39-24-11-17(10-22-21(24)15-34-35-22)20-14-33-36-23(20)12-30/h7-11,14-15,32H,1-6,13H2,(H2,31,37)(H,33,36)(H,34,35). The molecule has 1 amide bonds. The highest BCUT2D eigenvalue weighted by Gasteiger charge is 2.31. The Hall–Kier alpha value is -4.61. The van der Waals surface area contributed by atoms with Crippen LogP contribution < -0.4 is 20.5 Å². The van der Waals surface area contributed by atoms with Gasteiger partial charge in [0.15, 0.2) is 0 Å². The van der Waals surface area contributed by atoms with Crippen LogP contribution in [0.3, 0.4) is 0 Å². The predicted octanol–water partition coefficient (Wildman–Crippen LogP) is 3.79. The number of fused-ring (bicyclic) bond motifs is 1. The van der Waals surface area contributed by atoms with E-state index in [4.69, 9.17) is 15.2 Å². The summed E-state index contributed by atoms with van der Waals surface area (Å²) < 4.78 is 53.1. The summed E-state index contributed by atoms with van der Waals surface area (Å²) in [6.07, 6.45) is -0.127. The number of H-pyrrole nitrogens is 2. The van der Waals surface area contributed by atoms with Crippen LogP contribution in [0.25, 0.3) is 22.0 Å². The van der Waals surface area contributed by atoms with Crippen molar-refractivity contribution in [2.75, 3.05) is 26.4 Å². The maximum Gasteiger partial charge on any atom is 0.573 e. The second-order valence-electron chi connectivity index (χ2n) is 8.70. The monoisotopic (exact) mass is 557 g/mol. The van der Waals surface area contributed by atoms with Gasteiger partial charge in [0.1, 0.15) is 29.9 Å². The van der Waals surface area contributed by atoms with Crippen LogP contribution in [-0.4, -0.2) is 59.0 Å². The summed E-state index contributed by atoms with van der Waals surface area (Å²) in [4.78, 5) is 11.4. The van der Waals surface area contributed by atoms with Gasteiger partial charge in [0.25, 0.3) is 0 Å². The summed E-state index contributed by atoms with van der Waals surface area (Å²) in [5.41, 5.74) is 8.11. The van der Waals surface area contributed by atoms with E-state index in [0.717, 1.165) is 35.4 Å². The normalized spacial score (nSPS) is 11.4. The lowest BCUT2D eigenvalue weighted by Gasteiger charge is -2.12. The van der Waals surface area contributed by atoms with Gasteiger partial charge in [0, 0.05) is 24.3 Å². The summed E-state index contributed by atoms with van der Waals surface area (Å²) in [7, 11) is 0. The van der Waals surface area contributed by atoms with Crippen molar-refractivity contribution in [3.8, 4) is 28.7 Å². The number of unbranched alkanes of at least 4 members (excludes halogenated alkanes) is 1. The lowest BCUT2D eigenvalue weighted by atomic mass is 10.0. The average Bonchev–Trinajstić information content (AvgIpc) is 3.58. The maximum atomic E-state index is 12.5. The minimum atomic E-state index is -4.87. The molecular weight excluding hydrogens is 531 g/mol. The highest BCUT2D eigenvalue weighted by atomic mass is 19.4. The number of primary amides is 1. The molecule has 0 aliphatic heterocycles. The number of aromatic amines is 2. The van der Waals surface area contributed by atoms with E-state index in [1.54, 1.807) is 12.4 Å². The molecule has 2 heterocycles. The van der Waals surface area contributed by atoms with Gasteiger partial charge in [0.2, 0.25) is 5.91 Å². The van der Waals surface area contributed by atoms with Crippen molar-refractivity contribution < 1.29 is 32.2 Å². The number of carbonyl (C=O) groups excluding carboxylic acids is 1. The number of amides is 1. The van der Waals surface area contributed by atoms with Crippen molar-refractivity contribution in [2.24, 2.45) is 5.73 Å². The van der Waals surface area contributed by atoms with Crippen molar-refractivity contribution in [1.29, 1.82) is 5.26 Å². The van der Waals surface area contributed by atoms with E-state index in [9.17, 15) is 23.2 Å². The first-order chi connectivity index (χ1) is 19.2. The van der Waals surface area contributed by atoms with E-state index < -0.39 is 18.0 Å². The zero-order valence-electron chi connectivity index (χ0n) is 21.2. The van der Waals surface area contributed by atoms with Gasteiger partial charge in [-0.1, -0.05) is 0 Å². The molecule has 0 aliphatic carbocycles. The number of halogens is 3. The van der Waals surface area contributed by atoms with Gasteiger partial charge < -0.3 is 25.3 Å². The molecule has 14 heteroatoms. The molecule has 0 spiro atoms. The van der Waals surface area contributed by atoms with E-state index in [1.165, 1.54) is 12.1 Å². The Morgan fingerprint density at radius 1 is 1.05 bits per heavy atom. The molecule has 0 fully saturated rings. The molecule has 0 radical (unpaired) electrons. The molecule has 2 aromatic heterocycles. The van der Waals surface area contributed by atoms with E-state index >= 15 is 0 Å².